The van der Waals surface area contributed by atoms with Crippen LogP contribution in [0.4, 0.5) is 18.3 Å². The van der Waals surface area contributed by atoms with Crippen molar-refractivity contribution in [2.45, 2.75) is 19.3 Å². The second kappa shape index (κ2) is 7.36. The fraction of sp³-hybridized carbons (Fsp3) is 0.417. The van der Waals surface area contributed by atoms with Gasteiger partial charge in [-0.3, -0.25) is 0 Å². The normalized spacial score (nSPS) is 11.5. The molecule has 0 radical (unpaired) electrons. The minimum Gasteiger partial charge on any atom is -0.468 e. The summed E-state index contributed by atoms with van der Waals surface area (Å²) in [5.41, 5.74) is 0.496. The lowest BCUT2D eigenvalue weighted by atomic mass is 10.3. The molecule has 0 aliphatic heterocycles. The van der Waals surface area contributed by atoms with Crippen molar-refractivity contribution in [3.05, 3.63) is 29.7 Å². The first kappa shape index (κ1) is 16.4. The van der Waals surface area contributed by atoms with Gasteiger partial charge >= 0.3 is 6.18 Å². The summed E-state index contributed by atoms with van der Waals surface area (Å²) < 4.78 is 50.3. The van der Waals surface area contributed by atoms with E-state index in [1.807, 2.05) is 0 Å². The van der Waals surface area contributed by atoms with Crippen molar-refractivity contribution < 1.29 is 22.6 Å². The predicted octanol–water partition coefficient (Wildman–Crippen LogP) is 2.63. The first-order valence-corrected chi connectivity index (χ1v) is 6.94. The van der Waals surface area contributed by atoms with Crippen molar-refractivity contribution in [1.29, 1.82) is 0 Å². The van der Waals surface area contributed by atoms with Gasteiger partial charge in [-0.15, -0.1) is 0 Å². The van der Waals surface area contributed by atoms with E-state index in [2.05, 4.69) is 19.7 Å². The summed E-state index contributed by atoms with van der Waals surface area (Å²) in [4.78, 5) is 7.97. The van der Waals surface area contributed by atoms with Crippen molar-refractivity contribution in [1.82, 2.24) is 14.3 Å². The number of halogens is 3. The van der Waals surface area contributed by atoms with Crippen molar-refractivity contribution in [3.63, 3.8) is 0 Å². The molecule has 0 aromatic carbocycles. The van der Waals surface area contributed by atoms with E-state index < -0.39 is 12.8 Å². The molecule has 6 nitrogen and oxygen atoms in total. The van der Waals surface area contributed by atoms with E-state index in [9.17, 15) is 13.2 Å². The van der Waals surface area contributed by atoms with Gasteiger partial charge in [0.1, 0.15) is 6.61 Å². The lowest BCUT2D eigenvalue weighted by molar-refractivity contribution is -0.154. The smallest absolute Gasteiger partial charge is 0.422 e. The highest BCUT2D eigenvalue weighted by Crippen LogP contribution is 2.21. The fourth-order valence-corrected chi connectivity index (χ4v) is 2.09. The van der Waals surface area contributed by atoms with Crippen LogP contribution in [0.25, 0.3) is 0 Å². The minimum absolute atomic E-state index is 0.0612. The molecule has 0 aliphatic carbocycles. The summed E-state index contributed by atoms with van der Waals surface area (Å²) in [7, 11) is 1.54. The molecule has 2 heterocycles. The molecular weight excluding hydrogens is 321 g/mol. The number of hydrogen-bond acceptors (Lipinski definition) is 7. The molecule has 2 aromatic rings. The molecule has 10 heteroatoms. The molecular formula is C12H13F3N4O2S. The van der Waals surface area contributed by atoms with Gasteiger partial charge in [-0.2, -0.15) is 17.5 Å². The molecule has 0 fully saturated rings. The summed E-state index contributed by atoms with van der Waals surface area (Å²) in [5, 5.41) is 3.50. The van der Waals surface area contributed by atoms with Gasteiger partial charge in [0, 0.05) is 36.9 Å². The summed E-state index contributed by atoms with van der Waals surface area (Å²) in [6.07, 6.45) is -3.03. The quantitative estimate of drug-likeness (QED) is 0.839. The lowest BCUT2D eigenvalue weighted by Gasteiger charge is -2.11. The summed E-state index contributed by atoms with van der Waals surface area (Å²) in [6.45, 7) is -0.860. The van der Waals surface area contributed by atoms with Gasteiger partial charge < -0.3 is 14.8 Å². The predicted molar refractivity (Wildman–Crippen MR) is 73.7 cm³/mol. The highest BCUT2D eigenvalue weighted by atomic mass is 32.1. The standard InChI is InChI=1S/C12H13F3N4O2S/c1-20-6-9-18-11(22-19-9)17-5-8-3-2-4-16-10(8)21-7-12(13,14)15/h2-4H,5-7H2,1H3,(H,17,18,19). The molecule has 0 saturated heterocycles. The van der Waals surface area contributed by atoms with Crippen molar-refractivity contribution in [2.24, 2.45) is 0 Å². The van der Waals surface area contributed by atoms with Crippen LogP contribution < -0.4 is 10.1 Å². The Labute approximate surface area is 128 Å². The molecule has 0 aliphatic rings. The van der Waals surface area contributed by atoms with E-state index in [1.165, 1.54) is 13.3 Å². The number of hydrogen-bond donors (Lipinski definition) is 1. The van der Waals surface area contributed by atoms with E-state index in [4.69, 9.17) is 9.47 Å². The molecule has 22 heavy (non-hydrogen) atoms. The van der Waals surface area contributed by atoms with E-state index in [0.717, 1.165) is 11.5 Å². The van der Waals surface area contributed by atoms with Gasteiger partial charge in [0.05, 0.1) is 0 Å². The fourth-order valence-electron chi connectivity index (χ4n) is 1.52. The van der Waals surface area contributed by atoms with Crippen LogP contribution in [-0.2, 0) is 17.9 Å². The van der Waals surface area contributed by atoms with Gasteiger partial charge in [-0.1, -0.05) is 6.07 Å². The van der Waals surface area contributed by atoms with Crippen LogP contribution in [0.3, 0.4) is 0 Å². The molecule has 0 spiro atoms. The number of nitrogens with one attached hydrogen (secondary N) is 1. The van der Waals surface area contributed by atoms with Crippen molar-refractivity contribution in [3.8, 4) is 5.88 Å². The van der Waals surface area contributed by atoms with E-state index in [0.29, 0.717) is 23.1 Å². The topological polar surface area (TPSA) is 69.2 Å². The number of aromatic nitrogens is 3. The minimum atomic E-state index is -4.41. The van der Waals surface area contributed by atoms with Crippen LogP contribution in [0.5, 0.6) is 5.88 Å². The molecule has 0 atom stereocenters. The van der Waals surface area contributed by atoms with E-state index in [-0.39, 0.29) is 12.4 Å². The molecule has 120 valence electrons. The molecule has 1 N–H and O–H groups in total. The molecule has 0 unspecified atom stereocenters. The van der Waals surface area contributed by atoms with Crippen LogP contribution in [0.1, 0.15) is 11.4 Å². The maximum Gasteiger partial charge on any atom is 0.422 e. The Morgan fingerprint density at radius 3 is 2.91 bits per heavy atom. The first-order valence-electron chi connectivity index (χ1n) is 6.17. The molecule has 2 rings (SSSR count). The second-order valence-electron chi connectivity index (χ2n) is 4.17. The van der Waals surface area contributed by atoms with Gasteiger partial charge in [0.15, 0.2) is 12.4 Å². The summed E-state index contributed by atoms with van der Waals surface area (Å²) >= 11 is 1.14. The third kappa shape index (κ3) is 5.11. The largest absolute Gasteiger partial charge is 0.468 e. The maximum atomic E-state index is 12.2. The summed E-state index contributed by atoms with van der Waals surface area (Å²) in [6, 6.07) is 3.25. The van der Waals surface area contributed by atoms with E-state index >= 15 is 0 Å². The highest BCUT2D eigenvalue weighted by Gasteiger charge is 2.29. The van der Waals surface area contributed by atoms with Crippen LogP contribution >= 0.6 is 11.5 Å². The Bertz CT molecular complexity index is 606. The zero-order valence-corrected chi connectivity index (χ0v) is 12.4. The number of methoxy groups -OCH3 is 1. The highest BCUT2D eigenvalue weighted by molar-refractivity contribution is 7.09. The first-order chi connectivity index (χ1) is 10.5. The van der Waals surface area contributed by atoms with Crippen LogP contribution in [0.15, 0.2) is 18.3 Å². The average Bonchev–Trinajstić information content (AvgIpc) is 2.91. The van der Waals surface area contributed by atoms with Crippen LogP contribution in [0.2, 0.25) is 0 Å². The molecule has 0 amide bonds. The SMILES string of the molecule is COCc1nsc(NCc2cccnc2OCC(F)(F)F)n1. The number of anilines is 1. The monoisotopic (exact) mass is 334 g/mol. The second-order valence-corrected chi connectivity index (χ2v) is 4.93. The average molecular weight is 334 g/mol. The Balaban J connectivity index is 1.96. The van der Waals surface area contributed by atoms with Crippen molar-refractivity contribution in [2.75, 3.05) is 19.0 Å². The van der Waals surface area contributed by atoms with Crippen molar-refractivity contribution >= 4 is 16.7 Å². The van der Waals surface area contributed by atoms with Gasteiger partial charge in [0.2, 0.25) is 11.0 Å². The van der Waals surface area contributed by atoms with Crippen LogP contribution in [-0.4, -0.2) is 34.2 Å². The third-order valence-corrected chi connectivity index (χ3v) is 3.10. The number of nitrogens with zero attached hydrogens (tertiary/aromatic N) is 3. The maximum absolute atomic E-state index is 12.2. The van der Waals surface area contributed by atoms with Crippen LogP contribution in [0, 0.1) is 0 Å². The van der Waals surface area contributed by atoms with Gasteiger partial charge in [0.25, 0.3) is 0 Å². The Morgan fingerprint density at radius 1 is 1.36 bits per heavy atom. The van der Waals surface area contributed by atoms with E-state index in [1.54, 1.807) is 12.1 Å². The molecule has 2 aromatic heterocycles. The Kier molecular flexibility index (Phi) is 5.50. The lowest BCUT2D eigenvalue weighted by Crippen LogP contribution is -2.20. The summed E-state index contributed by atoms with van der Waals surface area (Å²) in [5.74, 6) is 0.476. The Hall–Kier alpha value is -1.94. The number of rotatable bonds is 7. The van der Waals surface area contributed by atoms with Gasteiger partial charge in [-0.25, -0.2) is 9.97 Å². The number of ether oxygens (including phenoxy) is 2. The number of pyridine rings is 1. The third-order valence-electron chi connectivity index (χ3n) is 2.39. The van der Waals surface area contributed by atoms with Gasteiger partial charge in [-0.05, 0) is 6.07 Å². The molecule has 0 bridgehead atoms. The molecule has 0 saturated carbocycles. The zero-order chi connectivity index (χ0) is 16.0. The zero-order valence-electron chi connectivity index (χ0n) is 11.6. The Morgan fingerprint density at radius 2 is 2.18 bits per heavy atom. The number of alkyl halides is 3.